The van der Waals surface area contributed by atoms with Gasteiger partial charge in [-0.25, -0.2) is 0 Å². The Balaban J connectivity index is 2.00. The van der Waals surface area contributed by atoms with E-state index in [1.54, 1.807) is 22.7 Å². The topological polar surface area (TPSA) is 12.9 Å². The SMILES string of the molecule is CC(C=C(c1cccs1)c1cccs1)c1ccccn1. The van der Waals surface area contributed by atoms with E-state index in [4.69, 9.17) is 0 Å². The minimum atomic E-state index is 0.301. The zero-order valence-electron chi connectivity index (χ0n) is 11.2. The Morgan fingerprint density at radius 3 is 2.20 bits per heavy atom. The third-order valence-electron chi connectivity index (χ3n) is 3.14. The molecule has 0 aliphatic heterocycles. The molecule has 0 aliphatic carbocycles. The summed E-state index contributed by atoms with van der Waals surface area (Å²) in [7, 11) is 0. The molecule has 1 atom stereocenters. The number of aromatic nitrogens is 1. The Kier molecular flexibility index (Phi) is 4.09. The van der Waals surface area contributed by atoms with Crippen LogP contribution in [0.1, 0.15) is 28.3 Å². The van der Waals surface area contributed by atoms with Gasteiger partial charge in [-0.2, -0.15) is 0 Å². The van der Waals surface area contributed by atoms with E-state index < -0.39 is 0 Å². The number of allylic oxidation sites excluding steroid dienone is 1. The van der Waals surface area contributed by atoms with Crippen LogP contribution in [-0.2, 0) is 0 Å². The van der Waals surface area contributed by atoms with Crippen molar-refractivity contribution in [3.8, 4) is 0 Å². The van der Waals surface area contributed by atoms with E-state index in [1.807, 2.05) is 18.3 Å². The fourth-order valence-electron chi connectivity index (χ4n) is 2.13. The molecule has 0 amide bonds. The molecule has 3 heterocycles. The lowest BCUT2D eigenvalue weighted by Gasteiger charge is -2.09. The maximum Gasteiger partial charge on any atom is 0.0469 e. The van der Waals surface area contributed by atoms with Crippen LogP contribution in [0.25, 0.3) is 5.57 Å². The molecular weight excluding hydrogens is 282 g/mol. The van der Waals surface area contributed by atoms with E-state index in [2.05, 4.69) is 59.1 Å². The molecule has 0 aliphatic rings. The van der Waals surface area contributed by atoms with Gasteiger partial charge in [0.25, 0.3) is 0 Å². The Hall–Kier alpha value is -1.71. The molecule has 0 N–H and O–H groups in total. The smallest absolute Gasteiger partial charge is 0.0469 e. The Morgan fingerprint density at radius 2 is 1.70 bits per heavy atom. The second kappa shape index (κ2) is 6.16. The van der Waals surface area contributed by atoms with Crippen LogP contribution in [0.3, 0.4) is 0 Å². The first-order valence-corrected chi connectivity index (χ1v) is 8.31. The summed E-state index contributed by atoms with van der Waals surface area (Å²) in [5.74, 6) is 0.301. The van der Waals surface area contributed by atoms with Crippen molar-refractivity contribution in [1.29, 1.82) is 0 Å². The summed E-state index contributed by atoms with van der Waals surface area (Å²) in [6.07, 6.45) is 4.18. The highest BCUT2D eigenvalue weighted by Gasteiger charge is 2.11. The molecule has 3 aromatic rings. The van der Waals surface area contributed by atoms with Gasteiger partial charge in [0.2, 0.25) is 0 Å². The predicted molar refractivity (Wildman–Crippen MR) is 88.4 cm³/mol. The first kappa shape index (κ1) is 13.3. The zero-order valence-corrected chi connectivity index (χ0v) is 12.8. The minimum Gasteiger partial charge on any atom is -0.261 e. The number of thiophene rings is 2. The first-order chi connectivity index (χ1) is 9.84. The molecule has 0 aromatic carbocycles. The average Bonchev–Trinajstić information content (AvgIpc) is 3.19. The van der Waals surface area contributed by atoms with Gasteiger partial charge in [0.15, 0.2) is 0 Å². The van der Waals surface area contributed by atoms with Crippen molar-refractivity contribution in [3.63, 3.8) is 0 Å². The molecule has 20 heavy (non-hydrogen) atoms. The van der Waals surface area contributed by atoms with E-state index >= 15 is 0 Å². The van der Waals surface area contributed by atoms with Crippen molar-refractivity contribution in [3.05, 3.63) is 80.9 Å². The fourth-order valence-corrected chi connectivity index (χ4v) is 3.73. The Bertz CT molecular complexity index is 631. The second-order valence-corrected chi connectivity index (χ2v) is 6.47. The number of hydrogen-bond acceptors (Lipinski definition) is 3. The number of pyridine rings is 1. The lowest BCUT2D eigenvalue weighted by atomic mass is 10.0. The molecule has 3 aromatic heterocycles. The van der Waals surface area contributed by atoms with Crippen molar-refractivity contribution in [1.82, 2.24) is 4.98 Å². The van der Waals surface area contributed by atoms with Crippen LogP contribution < -0.4 is 0 Å². The van der Waals surface area contributed by atoms with E-state index in [-0.39, 0.29) is 0 Å². The molecule has 0 bridgehead atoms. The van der Waals surface area contributed by atoms with Crippen molar-refractivity contribution < 1.29 is 0 Å². The van der Waals surface area contributed by atoms with Crippen molar-refractivity contribution in [2.24, 2.45) is 0 Å². The summed E-state index contributed by atoms with van der Waals surface area (Å²) >= 11 is 3.57. The maximum atomic E-state index is 4.46. The maximum absolute atomic E-state index is 4.46. The molecule has 100 valence electrons. The Morgan fingerprint density at radius 1 is 1.00 bits per heavy atom. The predicted octanol–water partition coefficient (Wildman–Crippen LogP) is 5.44. The van der Waals surface area contributed by atoms with Crippen molar-refractivity contribution in [2.75, 3.05) is 0 Å². The molecule has 0 spiro atoms. The van der Waals surface area contributed by atoms with E-state index in [0.29, 0.717) is 5.92 Å². The first-order valence-electron chi connectivity index (χ1n) is 6.55. The summed E-state index contributed by atoms with van der Waals surface area (Å²) in [5, 5.41) is 4.25. The van der Waals surface area contributed by atoms with E-state index in [1.165, 1.54) is 15.3 Å². The highest BCUT2D eigenvalue weighted by atomic mass is 32.1. The van der Waals surface area contributed by atoms with Gasteiger partial charge in [0.05, 0.1) is 0 Å². The molecule has 3 rings (SSSR count). The van der Waals surface area contributed by atoms with Gasteiger partial charge in [-0.15, -0.1) is 22.7 Å². The normalized spacial score (nSPS) is 12.1. The van der Waals surface area contributed by atoms with Crippen molar-refractivity contribution >= 4 is 28.2 Å². The van der Waals surface area contributed by atoms with Crippen LogP contribution >= 0.6 is 22.7 Å². The fraction of sp³-hybridized carbons (Fsp3) is 0.118. The zero-order chi connectivity index (χ0) is 13.8. The lowest BCUT2D eigenvalue weighted by Crippen LogP contribution is -1.94. The van der Waals surface area contributed by atoms with E-state index in [9.17, 15) is 0 Å². The van der Waals surface area contributed by atoms with Gasteiger partial charge in [0.1, 0.15) is 0 Å². The van der Waals surface area contributed by atoms with Crippen molar-refractivity contribution in [2.45, 2.75) is 12.8 Å². The molecule has 3 heteroatoms. The molecular formula is C17H15NS2. The van der Waals surface area contributed by atoms with Gasteiger partial charge in [0, 0.05) is 33.1 Å². The molecule has 0 radical (unpaired) electrons. The number of hydrogen-bond donors (Lipinski definition) is 0. The van der Waals surface area contributed by atoms with Gasteiger partial charge in [-0.1, -0.05) is 31.2 Å². The monoisotopic (exact) mass is 297 g/mol. The molecule has 0 saturated carbocycles. The Labute approximate surface area is 127 Å². The summed E-state index contributed by atoms with van der Waals surface area (Å²) in [6.45, 7) is 2.20. The van der Waals surface area contributed by atoms with Gasteiger partial charge in [-0.3, -0.25) is 4.98 Å². The molecule has 0 fully saturated rings. The lowest BCUT2D eigenvalue weighted by molar-refractivity contribution is 0.909. The number of nitrogens with zero attached hydrogens (tertiary/aromatic N) is 1. The van der Waals surface area contributed by atoms with Gasteiger partial charge in [-0.05, 0) is 35.0 Å². The van der Waals surface area contributed by atoms with Crippen LogP contribution in [0, 0.1) is 0 Å². The van der Waals surface area contributed by atoms with Crippen LogP contribution in [0.15, 0.2) is 65.5 Å². The standard InChI is InChI=1S/C17H15NS2/c1-13(15-6-2-3-9-18-15)12-14(16-7-4-10-19-16)17-8-5-11-20-17/h2-13H,1H3. The minimum absolute atomic E-state index is 0.301. The van der Waals surface area contributed by atoms with Crippen LogP contribution in [-0.4, -0.2) is 4.98 Å². The molecule has 1 unspecified atom stereocenters. The average molecular weight is 297 g/mol. The third kappa shape index (κ3) is 2.89. The van der Waals surface area contributed by atoms with Crippen LogP contribution in [0.2, 0.25) is 0 Å². The van der Waals surface area contributed by atoms with Crippen LogP contribution in [0.5, 0.6) is 0 Å². The molecule has 1 nitrogen and oxygen atoms in total. The number of rotatable bonds is 4. The van der Waals surface area contributed by atoms with E-state index in [0.717, 1.165) is 5.69 Å². The quantitative estimate of drug-likeness (QED) is 0.625. The summed E-state index contributed by atoms with van der Waals surface area (Å²) in [5.41, 5.74) is 2.42. The third-order valence-corrected chi connectivity index (χ3v) is 4.95. The highest BCUT2D eigenvalue weighted by Crippen LogP contribution is 2.32. The van der Waals surface area contributed by atoms with Gasteiger partial charge < -0.3 is 0 Å². The van der Waals surface area contributed by atoms with Gasteiger partial charge >= 0.3 is 0 Å². The van der Waals surface area contributed by atoms with Crippen LogP contribution in [0.4, 0.5) is 0 Å². The summed E-state index contributed by atoms with van der Waals surface area (Å²) in [4.78, 5) is 7.09. The summed E-state index contributed by atoms with van der Waals surface area (Å²) < 4.78 is 0. The summed E-state index contributed by atoms with van der Waals surface area (Å²) in [6, 6.07) is 14.7. The largest absolute Gasteiger partial charge is 0.261 e. The molecule has 0 saturated heterocycles. The second-order valence-electron chi connectivity index (χ2n) is 4.58. The highest BCUT2D eigenvalue weighted by molar-refractivity contribution is 7.13.